The number of nitrogens with one attached hydrogen (secondary N) is 4. The van der Waals surface area contributed by atoms with Crippen LogP contribution in [0.2, 0.25) is 0 Å². The van der Waals surface area contributed by atoms with E-state index in [4.69, 9.17) is 19.4 Å². The van der Waals surface area contributed by atoms with Gasteiger partial charge < -0.3 is 39.9 Å². The van der Waals surface area contributed by atoms with Crippen LogP contribution in [0.25, 0.3) is 44.2 Å². The van der Waals surface area contributed by atoms with Crippen LogP contribution in [0.3, 0.4) is 0 Å². The van der Waals surface area contributed by atoms with Crippen molar-refractivity contribution in [3.63, 3.8) is 0 Å². The van der Waals surface area contributed by atoms with E-state index in [-0.39, 0.29) is 48.2 Å². The Balaban J connectivity index is 1.06. The summed E-state index contributed by atoms with van der Waals surface area (Å²) in [5, 5.41) is 7.67. The second-order valence-corrected chi connectivity index (χ2v) is 16.1. The maximum absolute atomic E-state index is 13.9. The summed E-state index contributed by atoms with van der Waals surface area (Å²) in [6, 6.07) is 17.9. The van der Waals surface area contributed by atoms with Crippen LogP contribution in [-0.4, -0.2) is 93.6 Å². The highest BCUT2D eigenvalue weighted by Gasteiger charge is 2.39. The van der Waals surface area contributed by atoms with Gasteiger partial charge in [-0.2, -0.15) is 0 Å². The van der Waals surface area contributed by atoms with Crippen molar-refractivity contribution in [2.45, 2.75) is 84.3 Å². The highest BCUT2D eigenvalue weighted by Crippen LogP contribution is 2.37. The topological polar surface area (TPSA) is 175 Å². The Bertz CT molecular complexity index is 2320. The van der Waals surface area contributed by atoms with Gasteiger partial charge in [0.05, 0.1) is 55.1 Å². The van der Waals surface area contributed by atoms with Crippen LogP contribution >= 0.6 is 0 Å². The lowest BCUT2D eigenvalue weighted by molar-refractivity contribution is -0.138. The Morgan fingerprint density at radius 2 is 1.37 bits per heavy atom. The first-order valence-corrected chi connectivity index (χ1v) is 20.9. The lowest BCUT2D eigenvalue weighted by Gasteiger charge is -2.30. The monoisotopic (exact) mass is 804 g/mol. The molecule has 14 heteroatoms. The number of imidazole rings is 2. The average Bonchev–Trinajstić information content (AvgIpc) is 4.10. The van der Waals surface area contributed by atoms with Gasteiger partial charge >= 0.3 is 12.2 Å². The van der Waals surface area contributed by atoms with Crippen molar-refractivity contribution >= 4 is 45.8 Å². The summed E-state index contributed by atoms with van der Waals surface area (Å²) >= 11 is 0. The van der Waals surface area contributed by atoms with Gasteiger partial charge in [0.1, 0.15) is 17.7 Å². The summed E-state index contributed by atoms with van der Waals surface area (Å²) in [5.74, 6) is 1.09. The first-order valence-electron chi connectivity index (χ1n) is 20.9. The average molecular weight is 805 g/mol. The smallest absolute Gasteiger partial charge is 0.407 e. The molecule has 312 valence electrons. The summed E-state index contributed by atoms with van der Waals surface area (Å²) in [6.07, 6.45) is 5.55. The molecule has 0 bridgehead atoms. The maximum Gasteiger partial charge on any atom is 0.407 e. The third kappa shape index (κ3) is 8.62. The van der Waals surface area contributed by atoms with Crippen LogP contribution in [0.5, 0.6) is 0 Å². The molecule has 2 aromatic heterocycles. The number of aromatic amines is 2. The van der Waals surface area contributed by atoms with Gasteiger partial charge in [0.2, 0.25) is 11.8 Å². The zero-order valence-corrected chi connectivity index (χ0v) is 34.8. The molecule has 4 heterocycles. The molecule has 5 aromatic rings. The summed E-state index contributed by atoms with van der Waals surface area (Å²) in [7, 11) is 2.63. The number of rotatable bonds is 13. The molecule has 0 spiro atoms. The molecule has 3 aromatic carbocycles. The molecule has 0 radical (unpaired) electrons. The predicted molar refractivity (Wildman–Crippen MR) is 226 cm³/mol. The number of aromatic nitrogens is 4. The Morgan fingerprint density at radius 1 is 0.763 bits per heavy atom. The number of H-pyrrole nitrogens is 2. The minimum Gasteiger partial charge on any atom is -0.453 e. The third-order valence-corrected chi connectivity index (χ3v) is 12.5. The van der Waals surface area contributed by atoms with Gasteiger partial charge in [0, 0.05) is 25.2 Å². The number of carbonyl (C=O) groups is 4. The molecule has 0 unspecified atom stereocenters. The largest absolute Gasteiger partial charge is 0.453 e. The number of carbonyl (C=O) groups excluding carboxylic acids is 4. The Kier molecular flexibility index (Phi) is 12.5. The molecule has 14 nitrogen and oxygen atoms in total. The third-order valence-electron chi connectivity index (χ3n) is 12.5. The van der Waals surface area contributed by atoms with Crippen LogP contribution in [-0.2, 0) is 19.1 Å². The van der Waals surface area contributed by atoms with Crippen molar-refractivity contribution < 1.29 is 28.7 Å². The molecule has 0 saturated carbocycles. The lowest BCUT2D eigenvalue weighted by atomic mass is 9.90. The number of hydrogen-bond acceptors (Lipinski definition) is 8. The molecule has 4 N–H and O–H groups in total. The van der Waals surface area contributed by atoms with Gasteiger partial charge in [-0.3, -0.25) is 9.59 Å². The molecule has 2 saturated heterocycles. The van der Waals surface area contributed by atoms with Crippen LogP contribution in [0.4, 0.5) is 9.59 Å². The summed E-state index contributed by atoms with van der Waals surface area (Å²) in [6.45, 7) is 9.54. The van der Waals surface area contributed by atoms with E-state index in [2.05, 4.69) is 76.1 Å². The van der Waals surface area contributed by atoms with Crippen LogP contribution in [0.15, 0.2) is 60.8 Å². The van der Waals surface area contributed by atoms with Gasteiger partial charge in [-0.1, -0.05) is 70.9 Å². The molecule has 0 aliphatic carbocycles. The Hall–Kier alpha value is -5.92. The van der Waals surface area contributed by atoms with Gasteiger partial charge in [0.15, 0.2) is 0 Å². The standard InChI is InChI=1S/C45H56N8O6/c1-7-26(3)33(24-47-44(56)58-5)42(54)52-19-10-12-38(52)41-48-34-18-17-31(23-35(34)49-41)29-13-14-30-22-32(16-15-28(30)21-29)36-25-46-40(50-36)37-11-9-20-53(37)43(55)39(27(4)8-2)51-45(57)59-6/h13-18,21-23,25-27,33,37-39H,7-12,19-20,24H2,1-6H3,(H,46,50)(H,47,56)(H,48,49)(H,51,57)/t26-,27-,33-,37-,38-,39-/m0/s1. The number of hydrogen-bond donors (Lipinski definition) is 4. The molecule has 6 atom stereocenters. The van der Waals surface area contributed by atoms with Crippen LogP contribution in [0, 0.1) is 17.8 Å². The van der Waals surface area contributed by atoms with Crippen molar-refractivity contribution in [3.8, 4) is 22.4 Å². The number of likely N-dealkylation sites (tertiary alicyclic amines) is 2. The fourth-order valence-corrected chi connectivity index (χ4v) is 8.58. The van der Waals surface area contributed by atoms with Crippen molar-refractivity contribution in [1.82, 2.24) is 40.4 Å². The van der Waals surface area contributed by atoms with Gasteiger partial charge in [0.25, 0.3) is 0 Å². The summed E-state index contributed by atoms with van der Waals surface area (Å²) < 4.78 is 9.57. The van der Waals surface area contributed by atoms with Gasteiger partial charge in [-0.15, -0.1) is 0 Å². The second kappa shape index (κ2) is 17.9. The maximum atomic E-state index is 13.9. The minimum absolute atomic E-state index is 0.0284. The first kappa shape index (κ1) is 41.2. The quantitative estimate of drug-likeness (QED) is 0.0930. The normalized spacial score (nSPS) is 18.7. The molecule has 59 heavy (non-hydrogen) atoms. The fourth-order valence-electron chi connectivity index (χ4n) is 8.58. The molecule has 2 fully saturated rings. The van der Waals surface area contributed by atoms with E-state index < -0.39 is 18.2 Å². The highest BCUT2D eigenvalue weighted by atomic mass is 16.5. The zero-order valence-electron chi connectivity index (χ0n) is 34.8. The highest BCUT2D eigenvalue weighted by molar-refractivity contribution is 5.92. The molecule has 2 aliphatic rings. The van der Waals surface area contributed by atoms with Gasteiger partial charge in [-0.25, -0.2) is 19.6 Å². The Labute approximate surface area is 344 Å². The molecule has 2 aliphatic heterocycles. The minimum atomic E-state index is -0.676. The van der Waals surface area contributed by atoms with Crippen molar-refractivity contribution in [3.05, 3.63) is 72.4 Å². The lowest BCUT2D eigenvalue weighted by Crippen LogP contribution is -2.51. The second-order valence-electron chi connectivity index (χ2n) is 16.1. The van der Waals surface area contributed by atoms with E-state index in [1.54, 1.807) is 0 Å². The number of alkyl carbamates (subject to hydrolysis) is 2. The van der Waals surface area contributed by atoms with Crippen LogP contribution < -0.4 is 10.6 Å². The number of ether oxygens (including phenoxy) is 2. The molecular weight excluding hydrogens is 749 g/mol. The van der Waals surface area contributed by atoms with Crippen molar-refractivity contribution in [2.75, 3.05) is 33.9 Å². The molecule has 4 amide bonds. The number of nitrogens with zero attached hydrogens (tertiary/aromatic N) is 4. The number of fused-ring (bicyclic) bond motifs is 2. The van der Waals surface area contributed by atoms with E-state index in [0.717, 1.165) is 94.4 Å². The molecular formula is C45H56N8O6. The summed E-state index contributed by atoms with van der Waals surface area (Å²) in [4.78, 5) is 72.1. The predicted octanol–water partition coefficient (Wildman–Crippen LogP) is 7.89. The van der Waals surface area contributed by atoms with Crippen LogP contribution in [0.1, 0.15) is 90.0 Å². The Morgan fingerprint density at radius 3 is 2.05 bits per heavy atom. The van der Waals surface area contributed by atoms with E-state index in [0.29, 0.717) is 13.1 Å². The molecule has 7 rings (SSSR count). The van der Waals surface area contributed by atoms with E-state index >= 15 is 0 Å². The zero-order chi connectivity index (χ0) is 41.8. The number of benzene rings is 3. The van der Waals surface area contributed by atoms with E-state index in [1.807, 2.05) is 42.8 Å². The van der Waals surface area contributed by atoms with Crippen molar-refractivity contribution in [1.29, 1.82) is 0 Å². The first-order chi connectivity index (χ1) is 28.5. The van der Waals surface area contributed by atoms with E-state index in [1.165, 1.54) is 14.2 Å². The summed E-state index contributed by atoms with van der Waals surface area (Å²) in [5.41, 5.74) is 5.73. The number of amides is 4. The SMILES string of the molecule is CC[C@H](C)[C@H](CNC(=O)OC)C(=O)N1CCC[C@H]1c1nc2ccc(-c3ccc4cc(-c5cnc([C@@H]6CCCN6C(=O)[C@@H](NC(=O)OC)[C@@H](C)CC)[nH]5)ccc4c3)cc2[nH]1. The van der Waals surface area contributed by atoms with E-state index in [9.17, 15) is 19.2 Å². The van der Waals surface area contributed by atoms with Gasteiger partial charge in [-0.05, 0) is 83.7 Å². The fraction of sp³-hybridized carbons (Fsp3) is 0.467. The van der Waals surface area contributed by atoms with Crippen molar-refractivity contribution in [2.24, 2.45) is 17.8 Å². The number of methoxy groups -OCH3 is 2.